The van der Waals surface area contributed by atoms with Crippen LogP contribution in [0.15, 0.2) is 46.2 Å². The number of nitrogens with zero attached hydrogens (tertiary/aromatic N) is 1. The van der Waals surface area contributed by atoms with Crippen molar-refractivity contribution in [1.82, 2.24) is 0 Å². The third kappa shape index (κ3) is 3.37. The third-order valence-corrected chi connectivity index (χ3v) is 4.03. The van der Waals surface area contributed by atoms with Gasteiger partial charge in [0.15, 0.2) is 0 Å². The van der Waals surface area contributed by atoms with Crippen molar-refractivity contribution in [2.75, 3.05) is 0 Å². The van der Waals surface area contributed by atoms with Gasteiger partial charge in [-0.3, -0.25) is 10.1 Å². The highest BCUT2D eigenvalue weighted by molar-refractivity contribution is 7.99. The quantitative estimate of drug-likeness (QED) is 0.577. The maximum Gasteiger partial charge on any atom is 0.272 e. The molecule has 0 saturated heterocycles. The van der Waals surface area contributed by atoms with Crippen LogP contribution in [0.2, 0.25) is 10.0 Å². The molecule has 0 aromatic heterocycles. The molecular formula is C12H6Cl2FNO2S. The predicted octanol–water partition coefficient (Wildman–Crippen LogP) is 5.19. The van der Waals surface area contributed by atoms with Crippen LogP contribution in [-0.4, -0.2) is 4.92 Å². The molecule has 0 aliphatic heterocycles. The minimum atomic E-state index is -0.662. The number of nitro benzene ring substituents is 1. The van der Waals surface area contributed by atoms with E-state index in [0.717, 1.165) is 17.8 Å². The van der Waals surface area contributed by atoms with Gasteiger partial charge in [-0.1, -0.05) is 35.0 Å². The number of benzene rings is 2. The van der Waals surface area contributed by atoms with Crippen molar-refractivity contribution in [2.45, 2.75) is 9.79 Å². The molecule has 3 nitrogen and oxygen atoms in total. The summed E-state index contributed by atoms with van der Waals surface area (Å²) in [7, 11) is 0. The Morgan fingerprint density at radius 3 is 2.37 bits per heavy atom. The summed E-state index contributed by atoms with van der Waals surface area (Å²) in [5.41, 5.74) is -0.288. The zero-order valence-electron chi connectivity index (χ0n) is 9.27. The van der Waals surface area contributed by atoms with E-state index < -0.39 is 10.7 Å². The van der Waals surface area contributed by atoms with Crippen LogP contribution in [0.4, 0.5) is 10.1 Å². The Bertz CT molecular complexity index is 652. The molecule has 0 unspecified atom stereocenters. The van der Waals surface area contributed by atoms with Gasteiger partial charge in [0.2, 0.25) is 0 Å². The van der Waals surface area contributed by atoms with Crippen LogP contribution >= 0.6 is 35.0 Å². The first-order valence-electron chi connectivity index (χ1n) is 5.04. The summed E-state index contributed by atoms with van der Waals surface area (Å²) in [5, 5.41) is 11.4. The van der Waals surface area contributed by atoms with Crippen molar-refractivity contribution in [1.29, 1.82) is 0 Å². The Balaban J connectivity index is 2.31. The molecule has 98 valence electrons. The molecule has 2 aromatic carbocycles. The van der Waals surface area contributed by atoms with Crippen LogP contribution < -0.4 is 0 Å². The fourth-order valence-corrected chi connectivity index (χ4v) is 2.71. The molecule has 0 atom stereocenters. The smallest absolute Gasteiger partial charge is 0.258 e. The SMILES string of the molecule is O=[N+]([O-])c1ccc(Sc2ccc(Cl)cc2Cl)c(F)c1. The Kier molecular flexibility index (Phi) is 4.29. The molecule has 0 aliphatic rings. The summed E-state index contributed by atoms with van der Waals surface area (Å²) < 4.78 is 13.7. The zero-order chi connectivity index (χ0) is 14.0. The molecule has 0 aliphatic carbocycles. The van der Waals surface area contributed by atoms with Gasteiger partial charge in [0.05, 0.1) is 16.0 Å². The Morgan fingerprint density at radius 1 is 1.11 bits per heavy atom. The van der Waals surface area contributed by atoms with Gasteiger partial charge in [-0.15, -0.1) is 0 Å². The van der Waals surface area contributed by atoms with Gasteiger partial charge in [0, 0.05) is 20.9 Å². The van der Waals surface area contributed by atoms with Crippen molar-refractivity contribution in [2.24, 2.45) is 0 Å². The molecule has 19 heavy (non-hydrogen) atoms. The molecule has 7 heteroatoms. The lowest BCUT2D eigenvalue weighted by Crippen LogP contribution is -1.90. The standard InChI is InChI=1S/C12H6Cl2FNO2S/c13-7-1-3-11(9(14)5-7)19-12-4-2-8(16(17)18)6-10(12)15/h1-6H. The van der Waals surface area contributed by atoms with Crippen molar-refractivity contribution < 1.29 is 9.31 Å². The first-order valence-corrected chi connectivity index (χ1v) is 6.61. The van der Waals surface area contributed by atoms with Crippen LogP contribution in [0.1, 0.15) is 0 Å². The number of hydrogen-bond donors (Lipinski definition) is 0. The fraction of sp³-hybridized carbons (Fsp3) is 0. The van der Waals surface area contributed by atoms with E-state index in [9.17, 15) is 14.5 Å². The van der Waals surface area contributed by atoms with Gasteiger partial charge < -0.3 is 0 Å². The molecule has 2 rings (SSSR count). The number of nitro groups is 1. The van der Waals surface area contributed by atoms with Crippen molar-refractivity contribution in [3.05, 3.63) is 62.4 Å². The predicted molar refractivity (Wildman–Crippen MR) is 73.6 cm³/mol. The molecule has 0 fully saturated rings. The lowest BCUT2D eigenvalue weighted by atomic mass is 10.3. The zero-order valence-corrected chi connectivity index (χ0v) is 11.6. The molecular weight excluding hydrogens is 312 g/mol. The Hall–Kier alpha value is -1.30. The van der Waals surface area contributed by atoms with E-state index in [-0.39, 0.29) is 10.6 Å². The second kappa shape index (κ2) is 5.77. The van der Waals surface area contributed by atoms with E-state index in [1.165, 1.54) is 12.1 Å². The highest BCUT2D eigenvalue weighted by Crippen LogP contribution is 2.36. The minimum absolute atomic E-state index is 0.259. The van der Waals surface area contributed by atoms with Crippen LogP contribution in [0, 0.1) is 15.9 Å². The number of hydrogen-bond acceptors (Lipinski definition) is 3. The van der Waals surface area contributed by atoms with Crippen molar-refractivity contribution in [3.63, 3.8) is 0 Å². The normalized spacial score (nSPS) is 10.5. The van der Waals surface area contributed by atoms with Gasteiger partial charge >= 0.3 is 0 Å². The van der Waals surface area contributed by atoms with Gasteiger partial charge in [-0.25, -0.2) is 4.39 Å². The molecule has 0 saturated carbocycles. The summed E-state index contributed by atoms with van der Waals surface area (Å²) in [6.07, 6.45) is 0. The summed E-state index contributed by atoms with van der Waals surface area (Å²) in [6, 6.07) is 8.33. The van der Waals surface area contributed by atoms with Gasteiger partial charge in [-0.2, -0.15) is 0 Å². The van der Waals surface area contributed by atoms with Gasteiger partial charge in [0.1, 0.15) is 5.82 Å². The largest absolute Gasteiger partial charge is 0.272 e. The lowest BCUT2D eigenvalue weighted by Gasteiger charge is -2.05. The van der Waals surface area contributed by atoms with Gasteiger partial charge in [-0.05, 0) is 24.3 Å². The second-order valence-electron chi connectivity index (χ2n) is 3.55. The average molecular weight is 318 g/mol. The van der Waals surface area contributed by atoms with E-state index in [4.69, 9.17) is 23.2 Å². The molecule has 0 amide bonds. The molecule has 0 spiro atoms. The summed E-state index contributed by atoms with van der Waals surface area (Å²) in [6.45, 7) is 0. The number of rotatable bonds is 3. The van der Waals surface area contributed by atoms with Crippen LogP contribution in [0.3, 0.4) is 0 Å². The van der Waals surface area contributed by atoms with E-state index >= 15 is 0 Å². The minimum Gasteiger partial charge on any atom is -0.258 e. The van der Waals surface area contributed by atoms with Crippen molar-refractivity contribution in [3.8, 4) is 0 Å². The monoisotopic (exact) mass is 317 g/mol. The second-order valence-corrected chi connectivity index (χ2v) is 5.48. The highest BCUT2D eigenvalue weighted by atomic mass is 35.5. The molecule has 0 radical (unpaired) electrons. The topological polar surface area (TPSA) is 43.1 Å². The van der Waals surface area contributed by atoms with Crippen LogP contribution in [-0.2, 0) is 0 Å². The maximum atomic E-state index is 13.7. The maximum absolute atomic E-state index is 13.7. The van der Waals surface area contributed by atoms with Crippen LogP contribution in [0.25, 0.3) is 0 Å². The highest BCUT2D eigenvalue weighted by Gasteiger charge is 2.13. The van der Waals surface area contributed by atoms with E-state index in [1.54, 1.807) is 18.2 Å². The average Bonchev–Trinajstić information content (AvgIpc) is 2.34. The van der Waals surface area contributed by atoms with E-state index in [1.807, 2.05) is 0 Å². The summed E-state index contributed by atoms with van der Waals surface area (Å²) in [5.74, 6) is -0.662. The molecule has 0 heterocycles. The lowest BCUT2D eigenvalue weighted by molar-refractivity contribution is -0.385. The third-order valence-electron chi connectivity index (χ3n) is 2.24. The summed E-state index contributed by atoms with van der Waals surface area (Å²) >= 11 is 12.8. The first-order chi connectivity index (χ1) is 8.97. The summed E-state index contributed by atoms with van der Waals surface area (Å²) in [4.78, 5) is 10.7. The molecule has 0 bridgehead atoms. The van der Waals surface area contributed by atoms with E-state index in [2.05, 4.69) is 0 Å². The number of non-ortho nitro benzene ring substituents is 1. The van der Waals surface area contributed by atoms with Crippen LogP contribution in [0.5, 0.6) is 0 Å². The number of halogens is 3. The fourth-order valence-electron chi connectivity index (χ4n) is 1.36. The molecule has 0 N–H and O–H groups in total. The molecule has 2 aromatic rings. The Morgan fingerprint density at radius 2 is 1.79 bits per heavy atom. The van der Waals surface area contributed by atoms with Crippen molar-refractivity contribution >= 4 is 40.7 Å². The Labute approximate surface area is 122 Å². The van der Waals surface area contributed by atoms with Gasteiger partial charge in [0.25, 0.3) is 5.69 Å². The first kappa shape index (κ1) is 14.1. The van der Waals surface area contributed by atoms with E-state index in [0.29, 0.717) is 14.9 Å².